The van der Waals surface area contributed by atoms with Crippen molar-refractivity contribution in [3.05, 3.63) is 24.3 Å². The van der Waals surface area contributed by atoms with Crippen LogP contribution in [-0.4, -0.2) is 72.0 Å². The molecule has 0 bridgehead atoms. The van der Waals surface area contributed by atoms with E-state index in [1.807, 2.05) is 24.3 Å². The van der Waals surface area contributed by atoms with E-state index < -0.39 is 17.8 Å². The molecule has 1 amide bonds. The second-order valence-corrected chi connectivity index (χ2v) is 6.34. The standard InChI is InChI=1S/C13H14N2O3S2.Ca.2H/c1-2-14-11(16)8(12(17)18)7-19-13-15-9-5-3-4-6-10(9)20-13;;;/h3-6,8H,2,7H2,1H3,(H,14,16)(H,17,18);;;. The number of benzene rings is 1. The van der Waals surface area contributed by atoms with E-state index in [9.17, 15) is 9.59 Å². The Morgan fingerprint density at radius 2 is 2.14 bits per heavy atom. The number of thioether (sulfide) groups is 1. The minimum absolute atomic E-state index is 0. The molecule has 1 aromatic carbocycles. The van der Waals surface area contributed by atoms with E-state index in [4.69, 9.17) is 5.11 Å². The molecule has 8 heteroatoms. The van der Waals surface area contributed by atoms with Crippen LogP contribution in [0.3, 0.4) is 0 Å². The van der Waals surface area contributed by atoms with Crippen LogP contribution in [-0.2, 0) is 9.59 Å². The number of carbonyl (C=O) groups is 2. The average Bonchev–Trinajstić information content (AvgIpc) is 2.81. The summed E-state index contributed by atoms with van der Waals surface area (Å²) in [7, 11) is 0. The summed E-state index contributed by atoms with van der Waals surface area (Å²) in [5.41, 5.74) is 0.893. The molecule has 0 aliphatic carbocycles. The zero-order valence-corrected chi connectivity index (χ0v) is 12.5. The maximum absolute atomic E-state index is 11.7. The number of fused-ring (bicyclic) bond motifs is 1. The van der Waals surface area contributed by atoms with E-state index in [-0.39, 0.29) is 43.5 Å². The van der Waals surface area contributed by atoms with Gasteiger partial charge in [-0.1, -0.05) is 23.9 Å². The Morgan fingerprint density at radius 3 is 2.76 bits per heavy atom. The third kappa shape index (κ3) is 5.10. The van der Waals surface area contributed by atoms with E-state index in [0.29, 0.717) is 6.54 Å². The first kappa shape index (κ1) is 18.7. The molecule has 2 aromatic rings. The van der Waals surface area contributed by atoms with Gasteiger partial charge in [0.25, 0.3) is 0 Å². The number of amides is 1. The zero-order valence-electron chi connectivity index (χ0n) is 10.8. The number of aliphatic carboxylic acids is 1. The minimum atomic E-state index is -1.11. The fourth-order valence-corrected chi connectivity index (χ4v) is 3.80. The van der Waals surface area contributed by atoms with Gasteiger partial charge in [-0.25, -0.2) is 4.98 Å². The van der Waals surface area contributed by atoms with Crippen molar-refractivity contribution in [2.24, 2.45) is 5.92 Å². The Kier molecular flexibility index (Phi) is 7.97. The molecule has 0 spiro atoms. The van der Waals surface area contributed by atoms with Crippen LogP contribution in [0.1, 0.15) is 6.92 Å². The predicted octanol–water partition coefficient (Wildman–Crippen LogP) is 1.31. The van der Waals surface area contributed by atoms with Crippen LogP contribution in [0.2, 0.25) is 0 Å². The van der Waals surface area contributed by atoms with Crippen LogP contribution in [0.5, 0.6) is 0 Å². The van der Waals surface area contributed by atoms with Gasteiger partial charge in [-0.05, 0) is 19.1 Å². The molecule has 0 radical (unpaired) electrons. The number of carbonyl (C=O) groups excluding carboxylic acids is 1. The summed E-state index contributed by atoms with van der Waals surface area (Å²) in [5.74, 6) is -2.42. The van der Waals surface area contributed by atoms with Gasteiger partial charge >= 0.3 is 43.7 Å². The van der Waals surface area contributed by atoms with Gasteiger partial charge in [0.2, 0.25) is 5.91 Å². The third-order valence-corrected chi connectivity index (χ3v) is 4.89. The van der Waals surface area contributed by atoms with Crippen molar-refractivity contribution in [1.29, 1.82) is 0 Å². The number of nitrogens with zero attached hydrogens (tertiary/aromatic N) is 1. The molecule has 110 valence electrons. The Bertz CT molecular complexity index is 600. The van der Waals surface area contributed by atoms with E-state index in [1.165, 1.54) is 23.1 Å². The topological polar surface area (TPSA) is 79.3 Å². The first-order valence-corrected chi connectivity index (χ1v) is 7.91. The van der Waals surface area contributed by atoms with E-state index in [0.717, 1.165) is 14.6 Å². The zero-order chi connectivity index (χ0) is 14.5. The molecule has 0 fully saturated rings. The van der Waals surface area contributed by atoms with E-state index in [1.54, 1.807) is 6.92 Å². The quantitative estimate of drug-likeness (QED) is 0.465. The molecule has 0 aliphatic rings. The number of nitrogens with one attached hydrogen (secondary N) is 1. The molecule has 1 atom stereocenters. The Labute approximate surface area is 160 Å². The number of hydrogen-bond acceptors (Lipinski definition) is 5. The molecule has 1 heterocycles. The van der Waals surface area contributed by atoms with Crippen molar-refractivity contribution in [3.8, 4) is 0 Å². The number of carboxylic acids is 1. The third-order valence-electron chi connectivity index (χ3n) is 2.61. The molecule has 0 aliphatic heterocycles. The SMILES string of the molecule is CCNC(=O)C(CSc1nc2ccccc2s1)C(=O)O.[CaH2]. The summed E-state index contributed by atoms with van der Waals surface area (Å²) in [6.07, 6.45) is 0. The Morgan fingerprint density at radius 1 is 1.43 bits per heavy atom. The van der Waals surface area contributed by atoms with Crippen LogP contribution in [0.15, 0.2) is 28.6 Å². The van der Waals surface area contributed by atoms with Gasteiger partial charge in [-0.15, -0.1) is 11.3 Å². The average molecular weight is 352 g/mol. The molecule has 21 heavy (non-hydrogen) atoms. The second kappa shape index (κ2) is 8.95. The van der Waals surface area contributed by atoms with Crippen LogP contribution in [0.25, 0.3) is 10.2 Å². The Balaban J connectivity index is 0.00000220. The molecular weight excluding hydrogens is 336 g/mol. The number of thiazole rings is 1. The molecule has 1 aromatic heterocycles. The van der Waals surface area contributed by atoms with Crippen molar-refractivity contribution in [1.82, 2.24) is 10.3 Å². The van der Waals surface area contributed by atoms with Gasteiger partial charge in [0.05, 0.1) is 10.2 Å². The summed E-state index contributed by atoms with van der Waals surface area (Å²) in [5, 5.41) is 11.6. The molecule has 2 N–H and O–H groups in total. The monoisotopic (exact) mass is 352 g/mol. The number of aromatic nitrogens is 1. The van der Waals surface area contributed by atoms with Crippen LogP contribution >= 0.6 is 23.1 Å². The summed E-state index contributed by atoms with van der Waals surface area (Å²) in [4.78, 5) is 27.2. The van der Waals surface area contributed by atoms with Crippen molar-refractivity contribution in [2.45, 2.75) is 11.3 Å². The molecular formula is C13H16CaN2O3S2. The number of carboxylic acid groups (broad SMARTS) is 1. The van der Waals surface area contributed by atoms with Crippen LogP contribution in [0, 0.1) is 5.92 Å². The Hall–Kier alpha value is -0.340. The molecule has 2 rings (SSSR count). The molecule has 5 nitrogen and oxygen atoms in total. The summed E-state index contributed by atoms with van der Waals surface area (Å²) >= 11 is 2.81. The summed E-state index contributed by atoms with van der Waals surface area (Å²) in [6.45, 7) is 2.19. The summed E-state index contributed by atoms with van der Waals surface area (Å²) in [6, 6.07) is 7.72. The first-order valence-electron chi connectivity index (χ1n) is 6.10. The van der Waals surface area contributed by atoms with Crippen molar-refractivity contribution < 1.29 is 14.7 Å². The van der Waals surface area contributed by atoms with Crippen molar-refractivity contribution >= 4 is 82.9 Å². The number of rotatable bonds is 6. The van der Waals surface area contributed by atoms with Crippen molar-refractivity contribution in [2.75, 3.05) is 12.3 Å². The van der Waals surface area contributed by atoms with Gasteiger partial charge in [0.15, 0.2) is 4.34 Å². The van der Waals surface area contributed by atoms with E-state index >= 15 is 0 Å². The van der Waals surface area contributed by atoms with Gasteiger partial charge in [-0.2, -0.15) is 0 Å². The first-order chi connectivity index (χ1) is 9.61. The number of hydrogen-bond donors (Lipinski definition) is 2. The van der Waals surface area contributed by atoms with Gasteiger partial charge in [-0.3, -0.25) is 9.59 Å². The van der Waals surface area contributed by atoms with Gasteiger partial charge in [0, 0.05) is 12.3 Å². The molecule has 0 saturated carbocycles. The van der Waals surface area contributed by atoms with Gasteiger partial charge in [0.1, 0.15) is 5.92 Å². The fourth-order valence-electron chi connectivity index (χ4n) is 1.62. The predicted molar refractivity (Wildman–Crippen MR) is 88.7 cm³/mol. The molecule has 0 saturated heterocycles. The normalized spacial score (nSPS) is 11.7. The molecule has 1 unspecified atom stereocenters. The second-order valence-electron chi connectivity index (χ2n) is 4.04. The van der Waals surface area contributed by atoms with E-state index in [2.05, 4.69) is 10.3 Å². The maximum atomic E-state index is 11.7. The fraction of sp³-hybridized carbons (Fsp3) is 0.308. The van der Waals surface area contributed by atoms with Crippen LogP contribution < -0.4 is 5.32 Å². The summed E-state index contributed by atoms with van der Waals surface area (Å²) < 4.78 is 1.83. The van der Waals surface area contributed by atoms with Gasteiger partial charge < -0.3 is 10.4 Å². The van der Waals surface area contributed by atoms with Crippen LogP contribution in [0.4, 0.5) is 0 Å². The number of para-hydroxylation sites is 1. The van der Waals surface area contributed by atoms with Crippen molar-refractivity contribution in [3.63, 3.8) is 0 Å².